The van der Waals surface area contributed by atoms with Crippen molar-refractivity contribution >= 4 is 34.1 Å². The number of nitrogens with one attached hydrogen (secondary N) is 1. The number of carbonyl (C=O) groups is 1. The molecule has 2 aliphatic rings. The summed E-state index contributed by atoms with van der Waals surface area (Å²) < 4.78 is 7.02. The van der Waals surface area contributed by atoms with Gasteiger partial charge in [-0.2, -0.15) is 4.98 Å². The van der Waals surface area contributed by atoms with Gasteiger partial charge in [0.05, 0.1) is 5.52 Å². The zero-order chi connectivity index (χ0) is 24.7. The van der Waals surface area contributed by atoms with E-state index in [1.807, 2.05) is 24.4 Å². The minimum atomic E-state index is -0.263. The zero-order valence-corrected chi connectivity index (χ0v) is 20.9. The van der Waals surface area contributed by atoms with E-state index in [1.165, 1.54) is 13.3 Å². The number of aryl methyl sites for hydroxylation is 1. The molecule has 0 spiro atoms. The quantitative estimate of drug-likeness (QED) is 0.542. The minimum absolute atomic E-state index is 0.124. The van der Waals surface area contributed by atoms with Crippen molar-refractivity contribution in [1.82, 2.24) is 14.5 Å². The fourth-order valence-electron chi connectivity index (χ4n) is 5.10. The van der Waals surface area contributed by atoms with Crippen LogP contribution in [0.3, 0.4) is 0 Å². The number of piperidine rings is 1. The summed E-state index contributed by atoms with van der Waals surface area (Å²) in [6, 6.07) is 7.57. The van der Waals surface area contributed by atoms with Gasteiger partial charge in [-0.3, -0.25) is 9.59 Å². The van der Waals surface area contributed by atoms with Crippen molar-refractivity contribution in [2.24, 2.45) is 18.9 Å². The predicted octanol–water partition coefficient (Wildman–Crippen LogP) is 4.40. The molecule has 1 aromatic carbocycles. The van der Waals surface area contributed by atoms with E-state index in [2.05, 4.69) is 24.1 Å². The van der Waals surface area contributed by atoms with E-state index >= 15 is 0 Å². The Morgan fingerprint density at radius 3 is 2.60 bits per heavy atom. The molecule has 35 heavy (non-hydrogen) atoms. The molecule has 184 valence electrons. The summed E-state index contributed by atoms with van der Waals surface area (Å²) in [5.41, 5.74) is 2.55. The first-order valence-corrected chi connectivity index (χ1v) is 12.4. The molecule has 8 heteroatoms. The summed E-state index contributed by atoms with van der Waals surface area (Å²) >= 11 is 0. The van der Waals surface area contributed by atoms with Gasteiger partial charge in [0, 0.05) is 43.0 Å². The molecule has 2 atom stereocenters. The Morgan fingerprint density at radius 1 is 1.17 bits per heavy atom. The highest BCUT2D eigenvalue weighted by Crippen LogP contribution is 2.43. The first-order chi connectivity index (χ1) is 16.8. The Bertz CT molecular complexity index is 1320. The summed E-state index contributed by atoms with van der Waals surface area (Å²) in [6.07, 6.45) is 5.54. The number of nitrogens with zero attached hydrogens (tertiary/aromatic N) is 4. The molecule has 3 aromatic rings. The molecular weight excluding hydrogens is 442 g/mol. The number of fused-ring (bicyclic) bond motifs is 1. The third kappa shape index (κ3) is 5.01. The van der Waals surface area contributed by atoms with Crippen molar-refractivity contribution in [2.75, 3.05) is 29.9 Å². The minimum Gasteiger partial charge on any atom is -0.480 e. The van der Waals surface area contributed by atoms with Gasteiger partial charge in [0.15, 0.2) is 11.5 Å². The highest BCUT2D eigenvalue weighted by Gasteiger charge is 2.29. The maximum atomic E-state index is 12.6. The molecule has 0 unspecified atom stereocenters. The van der Waals surface area contributed by atoms with Crippen molar-refractivity contribution in [2.45, 2.75) is 46.0 Å². The van der Waals surface area contributed by atoms with E-state index < -0.39 is 0 Å². The Labute approximate surface area is 205 Å². The number of benzene rings is 1. The second-order valence-corrected chi connectivity index (χ2v) is 10.4. The molecule has 1 aliphatic heterocycles. The van der Waals surface area contributed by atoms with Gasteiger partial charge in [0.2, 0.25) is 5.95 Å². The van der Waals surface area contributed by atoms with E-state index in [-0.39, 0.29) is 23.7 Å². The smallest absolute Gasteiger partial charge is 0.293 e. The lowest BCUT2D eigenvalue weighted by atomic mass is 9.92. The summed E-state index contributed by atoms with van der Waals surface area (Å²) in [4.78, 5) is 36.0. The number of ether oxygens (including phenoxy) is 1. The van der Waals surface area contributed by atoms with Crippen molar-refractivity contribution in [3.8, 4) is 5.75 Å². The van der Waals surface area contributed by atoms with Crippen molar-refractivity contribution in [3.63, 3.8) is 0 Å². The van der Waals surface area contributed by atoms with E-state index in [1.54, 1.807) is 17.7 Å². The van der Waals surface area contributed by atoms with Crippen molar-refractivity contribution in [1.29, 1.82) is 0 Å². The molecule has 3 heterocycles. The molecule has 1 N–H and O–H groups in total. The summed E-state index contributed by atoms with van der Waals surface area (Å²) in [6.45, 7) is 7.83. The molecule has 0 amide bonds. The van der Waals surface area contributed by atoms with Gasteiger partial charge in [-0.15, -0.1) is 0 Å². The molecule has 1 saturated carbocycles. The van der Waals surface area contributed by atoms with Crippen molar-refractivity contribution < 1.29 is 9.53 Å². The lowest BCUT2D eigenvalue weighted by molar-refractivity contribution is -0.118. The topological polar surface area (TPSA) is 89.3 Å². The Kier molecular flexibility index (Phi) is 6.21. The molecule has 2 aromatic heterocycles. The number of aromatic nitrogens is 3. The van der Waals surface area contributed by atoms with Gasteiger partial charge in [0.1, 0.15) is 12.4 Å². The van der Waals surface area contributed by atoms with Gasteiger partial charge in [0.25, 0.3) is 5.56 Å². The fraction of sp³-hybridized carbons (Fsp3) is 0.481. The van der Waals surface area contributed by atoms with Crippen molar-refractivity contribution in [3.05, 3.63) is 46.4 Å². The maximum absolute atomic E-state index is 12.6. The maximum Gasteiger partial charge on any atom is 0.293 e. The Hall–Kier alpha value is -3.42. The Morgan fingerprint density at radius 2 is 1.91 bits per heavy atom. The van der Waals surface area contributed by atoms with Gasteiger partial charge in [-0.05, 0) is 68.2 Å². The number of rotatable bonds is 7. The Balaban J connectivity index is 1.48. The molecule has 8 nitrogen and oxygen atoms in total. The average molecular weight is 476 g/mol. The van der Waals surface area contributed by atoms with Crippen LogP contribution in [0.15, 0.2) is 35.3 Å². The second-order valence-electron chi connectivity index (χ2n) is 10.4. The molecule has 1 aliphatic carbocycles. The monoisotopic (exact) mass is 475 g/mol. The van der Waals surface area contributed by atoms with Crippen LogP contribution < -0.4 is 20.5 Å². The highest BCUT2D eigenvalue weighted by atomic mass is 16.5. The van der Waals surface area contributed by atoms with Crippen LogP contribution in [-0.2, 0) is 11.8 Å². The van der Waals surface area contributed by atoms with Crippen LogP contribution in [0.5, 0.6) is 5.75 Å². The largest absolute Gasteiger partial charge is 0.480 e. The van der Waals surface area contributed by atoms with Crippen LogP contribution in [0.25, 0.3) is 10.9 Å². The van der Waals surface area contributed by atoms with Gasteiger partial charge < -0.3 is 19.5 Å². The normalized spacial score (nSPS) is 20.2. The third-order valence-electron chi connectivity index (χ3n) is 6.86. The van der Waals surface area contributed by atoms with E-state index in [9.17, 15) is 9.59 Å². The molecule has 0 bridgehead atoms. The number of hydrogen-bond acceptors (Lipinski definition) is 7. The number of ketones is 1. The van der Waals surface area contributed by atoms with Crippen LogP contribution >= 0.6 is 0 Å². The highest BCUT2D eigenvalue weighted by molar-refractivity contribution is 5.85. The number of pyridine rings is 1. The van der Waals surface area contributed by atoms with E-state index in [0.29, 0.717) is 17.8 Å². The number of Topliss-reactive ketones (excluding diaryl/α,β-unsaturated/α-hetero) is 1. The lowest BCUT2D eigenvalue weighted by Gasteiger charge is -2.35. The molecule has 2 fully saturated rings. The third-order valence-corrected chi connectivity index (χ3v) is 6.86. The summed E-state index contributed by atoms with van der Waals surface area (Å²) in [5, 5.41) is 4.38. The van der Waals surface area contributed by atoms with Gasteiger partial charge in [-0.1, -0.05) is 13.8 Å². The second kappa shape index (κ2) is 9.32. The average Bonchev–Trinajstić information content (AvgIpc) is 3.65. The van der Waals surface area contributed by atoms with E-state index in [0.717, 1.165) is 59.9 Å². The van der Waals surface area contributed by atoms with Crippen LogP contribution in [-0.4, -0.2) is 40.0 Å². The number of anilines is 3. The molecule has 0 radical (unpaired) electrons. The fourth-order valence-corrected chi connectivity index (χ4v) is 5.10. The van der Waals surface area contributed by atoms with E-state index in [4.69, 9.17) is 14.7 Å². The number of hydrogen-bond donors (Lipinski definition) is 1. The first kappa shape index (κ1) is 23.3. The SMILES string of the molecule is CC(=O)COc1cc2cc(Nc3nc(N4C[C@H](C)C[C@H](C)C4)ncc3C3CC3)ccc2n(C)c1=O. The summed E-state index contributed by atoms with van der Waals surface area (Å²) in [7, 11) is 1.71. The van der Waals surface area contributed by atoms with Crippen LogP contribution in [0.2, 0.25) is 0 Å². The predicted molar refractivity (Wildman–Crippen MR) is 138 cm³/mol. The zero-order valence-electron chi connectivity index (χ0n) is 20.9. The van der Waals surface area contributed by atoms with Crippen LogP contribution in [0, 0.1) is 11.8 Å². The lowest BCUT2D eigenvalue weighted by Crippen LogP contribution is -2.39. The van der Waals surface area contributed by atoms with Crippen LogP contribution in [0.1, 0.15) is 51.5 Å². The molecular formula is C27H33N5O3. The van der Waals surface area contributed by atoms with Gasteiger partial charge >= 0.3 is 0 Å². The summed E-state index contributed by atoms with van der Waals surface area (Å²) in [5.74, 6) is 3.40. The first-order valence-electron chi connectivity index (χ1n) is 12.4. The molecule has 5 rings (SSSR count). The number of carbonyl (C=O) groups excluding carboxylic acids is 1. The van der Waals surface area contributed by atoms with Crippen LogP contribution in [0.4, 0.5) is 17.5 Å². The van der Waals surface area contributed by atoms with Gasteiger partial charge in [-0.25, -0.2) is 4.98 Å². The standard InChI is InChI=1S/C27H33N5O3/c1-16-9-17(2)14-32(13-16)27-28-12-22(19-5-6-19)25(30-27)29-21-7-8-23-20(10-21)11-24(26(34)31(23)4)35-15-18(3)33/h7-8,10-12,16-17,19H,5-6,9,13-15H2,1-4H3,(H,28,29,30)/t16-,17+. The molecule has 1 saturated heterocycles.